The number of amides is 1. The number of carbonyl (C=O) groups is 1. The number of H-pyrrole nitrogens is 1. The molecule has 2 aromatic heterocycles. The molecule has 0 unspecified atom stereocenters. The zero-order chi connectivity index (χ0) is 21.3. The molecule has 0 aliphatic rings. The van der Waals surface area contributed by atoms with Gasteiger partial charge in [-0.2, -0.15) is 0 Å². The summed E-state index contributed by atoms with van der Waals surface area (Å²) in [5, 5.41) is 0.931. The molecule has 0 spiro atoms. The van der Waals surface area contributed by atoms with Crippen LogP contribution in [0.5, 0.6) is 0 Å². The van der Waals surface area contributed by atoms with Gasteiger partial charge >= 0.3 is 0 Å². The van der Waals surface area contributed by atoms with Crippen LogP contribution in [0.15, 0.2) is 71.7 Å². The van der Waals surface area contributed by atoms with Crippen LogP contribution in [0.3, 0.4) is 0 Å². The molecule has 5 nitrogen and oxygen atoms in total. The van der Waals surface area contributed by atoms with E-state index in [0.29, 0.717) is 11.3 Å². The standard InChI is InChI=1S/C25H23N3O2/c1-16-7-9-19-14-20(24(29)27-23(19)12-16)15-28(21-10-8-17(2)18(3)13-21)25(30)22-6-4-5-11-26-22/h4-14H,15H2,1-3H3,(H,27,29). The minimum atomic E-state index is -0.248. The van der Waals surface area contributed by atoms with E-state index in [4.69, 9.17) is 0 Å². The van der Waals surface area contributed by atoms with E-state index in [1.807, 2.05) is 63.2 Å². The Hall–Kier alpha value is -3.73. The van der Waals surface area contributed by atoms with Gasteiger partial charge < -0.3 is 9.88 Å². The van der Waals surface area contributed by atoms with E-state index in [9.17, 15) is 9.59 Å². The Morgan fingerprint density at radius 2 is 1.80 bits per heavy atom. The van der Waals surface area contributed by atoms with E-state index in [1.54, 1.807) is 29.3 Å². The number of aryl methyl sites for hydroxylation is 3. The first-order chi connectivity index (χ1) is 14.4. The summed E-state index contributed by atoms with van der Waals surface area (Å²) in [6, 6.07) is 18.9. The van der Waals surface area contributed by atoms with E-state index in [0.717, 1.165) is 33.3 Å². The van der Waals surface area contributed by atoms with Crippen molar-refractivity contribution in [2.75, 3.05) is 4.90 Å². The van der Waals surface area contributed by atoms with Gasteiger partial charge in [0.2, 0.25) is 0 Å². The highest BCUT2D eigenvalue weighted by Gasteiger charge is 2.21. The number of fused-ring (bicyclic) bond motifs is 1. The Kier molecular flexibility index (Phi) is 5.19. The number of aromatic nitrogens is 2. The van der Waals surface area contributed by atoms with Crippen LogP contribution in [-0.4, -0.2) is 15.9 Å². The predicted octanol–water partition coefficient (Wildman–Crippen LogP) is 4.70. The normalized spacial score (nSPS) is 10.9. The summed E-state index contributed by atoms with van der Waals surface area (Å²) in [5.41, 5.74) is 5.48. The fraction of sp³-hybridized carbons (Fsp3) is 0.160. The molecular formula is C25H23N3O2. The molecule has 0 bridgehead atoms. The number of nitrogens with zero attached hydrogens (tertiary/aromatic N) is 2. The maximum atomic E-state index is 13.3. The second-order valence-corrected chi connectivity index (χ2v) is 7.59. The first-order valence-corrected chi connectivity index (χ1v) is 9.85. The Labute approximate surface area is 175 Å². The number of aromatic amines is 1. The van der Waals surface area contributed by atoms with Crippen molar-refractivity contribution in [3.8, 4) is 0 Å². The average Bonchev–Trinajstić information content (AvgIpc) is 2.74. The maximum Gasteiger partial charge on any atom is 0.277 e. The number of carbonyl (C=O) groups excluding carboxylic acids is 1. The molecule has 5 heteroatoms. The minimum absolute atomic E-state index is 0.150. The van der Waals surface area contributed by atoms with Gasteiger partial charge in [-0.1, -0.05) is 24.3 Å². The first-order valence-electron chi connectivity index (χ1n) is 9.85. The van der Waals surface area contributed by atoms with Gasteiger partial charge in [0.15, 0.2) is 0 Å². The molecule has 4 aromatic rings. The molecule has 0 fully saturated rings. The molecule has 0 aliphatic heterocycles. The average molecular weight is 397 g/mol. The van der Waals surface area contributed by atoms with Crippen molar-refractivity contribution in [2.45, 2.75) is 27.3 Å². The van der Waals surface area contributed by atoms with Crippen molar-refractivity contribution >= 4 is 22.5 Å². The summed E-state index contributed by atoms with van der Waals surface area (Å²) >= 11 is 0. The molecule has 0 aliphatic carbocycles. The second-order valence-electron chi connectivity index (χ2n) is 7.59. The topological polar surface area (TPSA) is 66.1 Å². The number of hydrogen-bond acceptors (Lipinski definition) is 3. The number of rotatable bonds is 4. The molecule has 2 heterocycles. The summed E-state index contributed by atoms with van der Waals surface area (Å²) in [6.07, 6.45) is 1.59. The molecular weight excluding hydrogens is 374 g/mol. The van der Waals surface area contributed by atoms with Gasteiger partial charge in [-0.05, 0) is 79.2 Å². The molecule has 1 N–H and O–H groups in total. The van der Waals surface area contributed by atoms with Crippen molar-refractivity contribution in [1.29, 1.82) is 0 Å². The Morgan fingerprint density at radius 1 is 0.967 bits per heavy atom. The van der Waals surface area contributed by atoms with Crippen molar-refractivity contribution in [3.05, 3.63) is 105 Å². The van der Waals surface area contributed by atoms with E-state index < -0.39 is 0 Å². The quantitative estimate of drug-likeness (QED) is 0.543. The summed E-state index contributed by atoms with van der Waals surface area (Å²) < 4.78 is 0. The monoisotopic (exact) mass is 397 g/mol. The Bertz CT molecular complexity index is 1290. The highest BCUT2D eigenvalue weighted by Crippen LogP contribution is 2.23. The second kappa shape index (κ2) is 7.95. The molecule has 30 heavy (non-hydrogen) atoms. The summed E-state index contributed by atoms with van der Waals surface area (Å²) in [5.74, 6) is -0.248. The zero-order valence-corrected chi connectivity index (χ0v) is 17.3. The lowest BCUT2D eigenvalue weighted by atomic mass is 10.1. The Morgan fingerprint density at radius 3 is 2.53 bits per heavy atom. The van der Waals surface area contributed by atoms with Gasteiger partial charge in [-0.3, -0.25) is 14.6 Å². The number of benzene rings is 2. The van der Waals surface area contributed by atoms with Crippen LogP contribution in [-0.2, 0) is 6.54 Å². The maximum absolute atomic E-state index is 13.3. The Balaban J connectivity index is 1.80. The van der Waals surface area contributed by atoms with Crippen molar-refractivity contribution in [3.63, 3.8) is 0 Å². The van der Waals surface area contributed by atoms with Gasteiger partial charge in [0.1, 0.15) is 5.69 Å². The van der Waals surface area contributed by atoms with Gasteiger partial charge in [0.25, 0.3) is 11.5 Å². The summed E-state index contributed by atoms with van der Waals surface area (Å²) in [6.45, 7) is 6.17. The fourth-order valence-electron chi connectivity index (χ4n) is 3.45. The molecule has 0 atom stereocenters. The summed E-state index contributed by atoms with van der Waals surface area (Å²) in [4.78, 5) is 34.9. The van der Waals surface area contributed by atoms with E-state index in [-0.39, 0.29) is 18.0 Å². The lowest BCUT2D eigenvalue weighted by molar-refractivity contribution is 0.0980. The van der Waals surface area contributed by atoms with E-state index in [1.165, 1.54) is 0 Å². The number of pyridine rings is 2. The number of anilines is 1. The van der Waals surface area contributed by atoms with Crippen LogP contribution >= 0.6 is 0 Å². The molecule has 4 rings (SSSR count). The van der Waals surface area contributed by atoms with E-state index in [2.05, 4.69) is 9.97 Å². The van der Waals surface area contributed by atoms with Crippen molar-refractivity contribution in [1.82, 2.24) is 9.97 Å². The van der Waals surface area contributed by atoms with Gasteiger partial charge in [-0.25, -0.2) is 0 Å². The van der Waals surface area contributed by atoms with Gasteiger partial charge in [0, 0.05) is 23.0 Å². The van der Waals surface area contributed by atoms with Crippen LogP contribution < -0.4 is 10.5 Å². The fourth-order valence-corrected chi connectivity index (χ4v) is 3.45. The van der Waals surface area contributed by atoms with Gasteiger partial charge in [-0.15, -0.1) is 0 Å². The highest BCUT2D eigenvalue weighted by molar-refractivity contribution is 6.04. The SMILES string of the molecule is Cc1ccc2cc(CN(C(=O)c3ccccn3)c3ccc(C)c(C)c3)c(=O)[nH]c2c1. The van der Waals surface area contributed by atoms with Crippen LogP contribution in [0.1, 0.15) is 32.7 Å². The third-order valence-corrected chi connectivity index (χ3v) is 5.34. The van der Waals surface area contributed by atoms with Crippen LogP contribution in [0.25, 0.3) is 10.9 Å². The van der Waals surface area contributed by atoms with Gasteiger partial charge in [0.05, 0.1) is 6.54 Å². The zero-order valence-electron chi connectivity index (χ0n) is 17.3. The molecule has 0 saturated heterocycles. The lowest BCUT2D eigenvalue weighted by Crippen LogP contribution is -2.33. The molecule has 0 radical (unpaired) electrons. The largest absolute Gasteiger partial charge is 0.322 e. The van der Waals surface area contributed by atoms with Crippen molar-refractivity contribution in [2.24, 2.45) is 0 Å². The smallest absolute Gasteiger partial charge is 0.277 e. The highest BCUT2D eigenvalue weighted by atomic mass is 16.2. The third-order valence-electron chi connectivity index (χ3n) is 5.34. The third kappa shape index (κ3) is 3.87. The van der Waals surface area contributed by atoms with Crippen LogP contribution in [0.4, 0.5) is 5.69 Å². The lowest BCUT2D eigenvalue weighted by Gasteiger charge is -2.23. The predicted molar refractivity (Wildman–Crippen MR) is 120 cm³/mol. The molecule has 2 aromatic carbocycles. The van der Waals surface area contributed by atoms with E-state index >= 15 is 0 Å². The first kappa shape index (κ1) is 19.6. The minimum Gasteiger partial charge on any atom is -0.322 e. The number of nitrogens with one attached hydrogen (secondary N) is 1. The molecule has 1 amide bonds. The summed E-state index contributed by atoms with van der Waals surface area (Å²) in [7, 11) is 0. The molecule has 0 saturated carbocycles. The number of hydrogen-bond donors (Lipinski definition) is 1. The molecule has 150 valence electrons. The van der Waals surface area contributed by atoms with Crippen molar-refractivity contribution < 1.29 is 4.79 Å². The van der Waals surface area contributed by atoms with Crippen LogP contribution in [0.2, 0.25) is 0 Å². The van der Waals surface area contributed by atoms with Crippen LogP contribution in [0, 0.1) is 20.8 Å².